The first-order chi connectivity index (χ1) is 10.1. The minimum absolute atomic E-state index is 0.418. The second-order valence-corrected chi connectivity index (χ2v) is 7.02. The predicted octanol–water partition coefficient (Wildman–Crippen LogP) is 3.99. The third-order valence-corrected chi connectivity index (χ3v) is 4.98. The van der Waals surface area contributed by atoms with Crippen molar-refractivity contribution in [3.8, 4) is 0 Å². The molecule has 2 heteroatoms. The van der Waals surface area contributed by atoms with Gasteiger partial charge in [0.2, 0.25) is 0 Å². The molecule has 0 aromatic heterocycles. The minimum atomic E-state index is 0.418. The van der Waals surface area contributed by atoms with Crippen molar-refractivity contribution in [3.63, 3.8) is 0 Å². The zero-order valence-electron chi connectivity index (χ0n) is 14.3. The van der Waals surface area contributed by atoms with Gasteiger partial charge in [-0.15, -0.1) is 0 Å². The SMILES string of the molecule is CCC(CC)(CNC1CC1)CN(C)Cc1cccc(C)c1. The molecule has 0 unspecified atom stereocenters. The maximum atomic E-state index is 3.75. The molecule has 1 N–H and O–H groups in total. The topological polar surface area (TPSA) is 15.3 Å². The molecule has 0 amide bonds. The Morgan fingerprint density at radius 3 is 2.52 bits per heavy atom. The fourth-order valence-electron chi connectivity index (χ4n) is 3.18. The van der Waals surface area contributed by atoms with Gasteiger partial charge in [0.05, 0.1) is 0 Å². The maximum Gasteiger partial charge on any atom is 0.0231 e. The summed E-state index contributed by atoms with van der Waals surface area (Å²) in [7, 11) is 2.26. The lowest BCUT2D eigenvalue weighted by Crippen LogP contribution is -2.42. The van der Waals surface area contributed by atoms with Crippen molar-refractivity contribution in [2.24, 2.45) is 5.41 Å². The molecule has 0 saturated heterocycles. The summed E-state index contributed by atoms with van der Waals surface area (Å²) in [5.74, 6) is 0. The van der Waals surface area contributed by atoms with Gasteiger partial charge in [0.1, 0.15) is 0 Å². The largest absolute Gasteiger partial charge is 0.313 e. The lowest BCUT2D eigenvalue weighted by Gasteiger charge is -2.36. The molecule has 0 bridgehead atoms. The van der Waals surface area contributed by atoms with Gasteiger partial charge in [0.25, 0.3) is 0 Å². The van der Waals surface area contributed by atoms with Crippen LogP contribution in [0.3, 0.4) is 0 Å². The van der Waals surface area contributed by atoms with Crippen LogP contribution in [0.2, 0.25) is 0 Å². The number of aryl methyl sites for hydroxylation is 1. The van der Waals surface area contributed by atoms with Crippen molar-refractivity contribution in [1.29, 1.82) is 0 Å². The van der Waals surface area contributed by atoms with Gasteiger partial charge in [-0.3, -0.25) is 0 Å². The van der Waals surface area contributed by atoms with Gasteiger partial charge in [-0.05, 0) is 50.6 Å². The third kappa shape index (κ3) is 5.12. The van der Waals surface area contributed by atoms with Gasteiger partial charge in [-0.25, -0.2) is 0 Å². The van der Waals surface area contributed by atoms with Gasteiger partial charge in [-0.1, -0.05) is 43.7 Å². The summed E-state index contributed by atoms with van der Waals surface area (Å²) in [5.41, 5.74) is 3.20. The van der Waals surface area contributed by atoms with Crippen LogP contribution in [0.5, 0.6) is 0 Å². The van der Waals surface area contributed by atoms with Crippen LogP contribution in [-0.2, 0) is 6.54 Å². The van der Waals surface area contributed by atoms with E-state index in [9.17, 15) is 0 Å². The number of hydrogen-bond acceptors (Lipinski definition) is 2. The highest BCUT2D eigenvalue weighted by Gasteiger charge is 2.30. The third-order valence-electron chi connectivity index (χ3n) is 4.98. The van der Waals surface area contributed by atoms with Gasteiger partial charge in [0.15, 0.2) is 0 Å². The second kappa shape index (κ2) is 7.42. The van der Waals surface area contributed by atoms with Crippen molar-refractivity contribution < 1.29 is 0 Å². The van der Waals surface area contributed by atoms with Crippen LogP contribution in [-0.4, -0.2) is 31.1 Å². The molecule has 2 nitrogen and oxygen atoms in total. The van der Waals surface area contributed by atoms with Crippen molar-refractivity contribution in [2.75, 3.05) is 20.1 Å². The molecule has 1 aliphatic rings. The Balaban J connectivity index is 1.91. The van der Waals surface area contributed by atoms with Gasteiger partial charge in [-0.2, -0.15) is 0 Å². The van der Waals surface area contributed by atoms with E-state index in [0.29, 0.717) is 5.41 Å². The molecule has 0 spiro atoms. The lowest BCUT2D eigenvalue weighted by molar-refractivity contribution is 0.150. The lowest BCUT2D eigenvalue weighted by atomic mass is 9.81. The summed E-state index contributed by atoms with van der Waals surface area (Å²) in [5, 5.41) is 3.75. The Morgan fingerprint density at radius 2 is 1.95 bits per heavy atom. The van der Waals surface area contributed by atoms with Crippen molar-refractivity contribution in [3.05, 3.63) is 35.4 Å². The van der Waals surface area contributed by atoms with Crippen LogP contribution in [0.15, 0.2) is 24.3 Å². The number of nitrogens with one attached hydrogen (secondary N) is 1. The summed E-state index contributed by atoms with van der Waals surface area (Å²) in [6.45, 7) is 10.3. The van der Waals surface area contributed by atoms with E-state index in [1.54, 1.807) is 0 Å². The smallest absolute Gasteiger partial charge is 0.0231 e. The molecule has 1 aliphatic carbocycles. The van der Waals surface area contributed by atoms with E-state index in [0.717, 1.165) is 12.6 Å². The zero-order valence-corrected chi connectivity index (χ0v) is 14.3. The van der Waals surface area contributed by atoms with Crippen molar-refractivity contribution in [2.45, 2.75) is 59.0 Å². The first-order valence-electron chi connectivity index (χ1n) is 8.54. The number of hydrogen-bond donors (Lipinski definition) is 1. The van der Waals surface area contributed by atoms with Gasteiger partial charge < -0.3 is 10.2 Å². The summed E-state index contributed by atoms with van der Waals surface area (Å²) < 4.78 is 0. The molecular weight excluding hydrogens is 256 g/mol. The van der Waals surface area contributed by atoms with Gasteiger partial charge in [0, 0.05) is 25.7 Å². The van der Waals surface area contributed by atoms with E-state index >= 15 is 0 Å². The molecule has 1 aromatic carbocycles. The van der Waals surface area contributed by atoms with Crippen molar-refractivity contribution in [1.82, 2.24) is 10.2 Å². The van der Waals surface area contributed by atoms with E-state index in [2.05, 4.69) is 62.3 Å². The number of benzene rings is 1. The Labute approximate surface area is 130 Å². The molecule has 0 atom stereocenters. The summed E-state index contributed by atoms with van der Waals surface area (Å²) >= 11 is 0. The fraction of sp³-hybridized carbons (Fsp3) is 0.684. The first kappa shape index (κ1) is 16.5. The van der Waals surface area contributed by atoms with Gasteiger partial charge >= 0.3 is 0 Å². The van der Waals surface area contributed by atoms with Crippen LogP contribution in [0.25, 0.3) is 0 Å². The Morgan fingerprint density at radius 1 is 1.24 bits per heavy atom. The number of nitrogens with zero attached hydrogens (tertiary/aromatic N) is 1. The van der Waals surface area contributed by atoms with E-state index in [1.165, 1.54) is 49.9 Å². The molecule has 118 valence electrons. The molecule has 1 saturated carbocycles. The van der Waals surface area contributed by atoms with Crippen LogP contribution in [0.1, 0.15) is 50.7 Å². The van der Waals surface area contributed by atoms with Crippen molar-refractivity contribution >= 4 is 0 Å². The van der Waals surface area contributed by atoms with E-state index < -0.39 is 0 Å². The standard InChI is InChI=1S/C19H32N2/c1-5-19(6-2,14-20-18-10-11-18)15-21(4)13-17-9-7-8-16(3)12-17/h7-9,12,18,20H,5-6,10-11,13-15H2,1-4H3. The quantitative estimate of drug-likeness (QED) is 0.739. The van der Waals surface area contributed by atoms with Crippen LogP contribution >= 0.6 is 0 Å². The molecule has 21 heavy (non-hydrogen) atoms. The first-order valence-corrected chi connectivity index (χ1v) is 8.54. The molecular formula is C19H32N2. The van der Waals surface area contributed by atoms with Crippen LogP contribution < -0.4 is 5.32 Å². The Kier molecular flexibility index (Phi) is 5.83. The zero-order chi connectivity index (χ0) is 15.3. The molecule has 2 rings (SSSR count). The summed E-state index contributed by atoms with van der Waals surface area (Å²) in [6.07, 6.45) is 5.26. The summed E-state index contributed by atoms with van der Waals surface area (Å²) in [6, 6.07) is 9.69. The highest BCUT2D eigenvalue weighted by atomic mass is 15.1. The van der Waals surface area contributed by atoms with Crippen LogP contribution in [0.4, 0.5) is 0 Å². The average Bonchev–Trinajstić information content (AvgIpc) is 3.28. The predicted molar refractivity (Wildman–Crippen MR) is 91.6 cm³/mol. The van der Waals surface area contributed by atoms with E-state index in [1.807, 2.05) is 0 Å². The highest BCUT2D eigenvalue weighted by molar-refractivity contribution is 5.22. The minimum Gasteiger partial charge on any atom is -0.313 e. The Hall–Kier alpha value is -0.860. The number of rotatable bonds is 9. The highest BCUT2D eigenvalue weighted by Crippen LogP contribution is 2.29. The molecule has 0 aliphatic heterocycles. The molecule has 0 radical (unpaired) electrons. The molecule has 0 heterocycles. The van der Waals surface area contributed by atoms with E-state index in [4.69, 9.17) is 0 Å². The fourth-order valence-corrected chi connectivity index (χ4v) is 3.18. The molecule has 1 aromatic rings. The maximum absolute atomic E-state index is 3.75. The Bertz CT molecular complexity index is 433. The second-order valence-electron chi connectivity index (χ2n) is 7.02. The average molecular weight is 288 g/mol. The normalized spacial score (nSPS) is 15.7. The summed E-state index contributed by atoms with van der Waals surface area (Å²) in [4.78, 5) is 2.50. The van der Waals surface area contributed by atoms with E-state index in [-0.39, 0.29) is 0 Å². The molecule has 1 fully saturated rings. The monoisotopic (exact) mass is 288 g/mol. The van der Waals surface area contributed by atoms with Crippen LogP contribution in [0, 0.1) is 12.3 Å².